The number of fused-ring (bicyclic) bond motifs is 2. The van der Waals surface area contributed by atoms with Crippen LogP contribution in [0, 0.1) is 0 Å². The van der Waals surface area contributed by atoms with E-state index in [0.717, 1.165) is 16.5 Å². The topological polar surface area (TPSA) is 38.8 Å². The summed E-state index contributed by atoms with van der Waals surface area (Å²) in [6, 6.07) is 19.6. The Kier molecular flexibility index (Phi) is 4.02. The van der Waals surface area contributed by atoms with Crippen molar-refractivity contribution in [1.82, 2.24) is 0 Å². The molecule has 1 aliphatic rings. The van der Waals surface area contributed by atoms with Crippen LogP contribution < -0.4 is 14.4 Å². The number of carbonyl (C=O) groups excluding carboxylic acids is 1. The maximum Gasteiger partial charge on any atom is 0.262 e. The van der Waals surface area contributed by atoms with Crippen LogP contribution in [0.2, 0.25) is 0 Å². The van der Waals surface area contributed by atoms with E-state index in [1.165, 1.54) is 0 Å². The zero-order valence-electron chi connectivity index (χ0n) is 14.1. The van der Waals surface area contributed by atoms with Crippen LogP contribution in [0.25, 0.3) is 10.8 Å². The molecule has 4 nitrogen and oxygen atoms in total. The van der Waals surface area contributed by atoms with Crippen molar-refractivity contribution in [2.75, 3.05) is 24.7 Å². The lowest BCUT2D eigenvalue weighted by Gasteiger charge is -2.26. The first-order valence-electron chi connectivity index (χ1n) is 8.48. The van der Waals surface area contributed by atoms with Gasteiger partial charge >= 0.3 is 0 Å². The van der Waals surface area contributed by atoms with Gasteiger partial charge in [-0.3, -0.25) is 4.79 Å². The average molecular weight is 333 g/mol. The summed E-state index contributed by atoms with van der Waals surface area (Å²) in [4.78, 5) is 15.1. The predicted octanol–water partition coefficient (Wildman–Crippen LogP) is 4.28. The summed E-state index contributed by atoms with van der Waals surface area (Å²) in [6.45, 7) is 3.51. The number of carbonyl (C=O) groups is 1. The van der Waals surface area contributed by atoms with Gasteiger partial charge in [-0.15, -0.1) is 0 Å². The van der Waals surface area contributed by atoms with Gasteiger partial charge in [0.1, 0.15) is 13.2 Å². The number of anilines is 1. The molecule has 0 saturated heterocycles. The molecule has 0 aliphatic carbocycles. The lowest BCUT2D eigenvalue weighted by atomic mass is 10.1. The first-order valence-corrected chi connectivity index (χ1v) is 8.48. The van der Waals surface area contributed by atoms with E-state index in [1.807, 2.05) is 49.4 Å². The molecule has 0 saturated carbocycles. The fraction of sp³-hybridized carbons (Fsp3) is 0.190. The Hall–Kier alpha value is -3.01. The second-order valence-corrected chi connectivity index (χ2v) is 5.88. The highest BCUT2D eigenvalue weighted by atomic mass is 16.6. The molecule has 0 atom stereocenters. The molecular weight excluding hydrogens is 314 g/mol. The van der Waals surface area contributed by atoms with Gasteiger partial charge in [-0.1, -0.05) is 42.5 Å². The van der Waals surface area contributed by atoms with Crippen LogP contribution in [0.4, 0.5) is 5.69 Å². The highest BCUT2D eigenvalue weighted by Gasteiger charge is 2.25. The SMILES string of the molecule is CCN(C(=O)c1cccc2c1OCCO2)c1cccc2ccccc12. The molecule has 25 heavy (non-hydrogen) atoms. The van der Waals surface area contributed by atoms with Crippen LogP contribution in [-0.2, 0) is 0 Å². The minimum absolute atomic E-state index is 0.0822. The largest absolute Gasteiger partial charge is 0.486 e. The summed E-state index contributed by atoms with van der Waals surface area (Å²) in [6.07, 6.45) is 0. The molecule has 0 N–H and O–H groups in total. The molecule has 4 heteroatoms. The monoisotopic (exact) mass is 333 g/mol. The number of hydrogen-bond donors (Lipinski definition) is 0. The highest BCUT2D eigenvalue weighted by Crippen LogP contribution is 2.36. The Bertz CT molecular complexity index is 930. The van der Waals surface area contributed by atoms with Crippen molar-refractivity contribution in [3.05, 3.63) is 66.2 Å². The lowest BCUT2D eigenvalue weighted by molar-refractivity contribution is 0.0977. The fourth-order valence-electron chi connectivity index (χ4n) is 3.25. The molecule has 3 aromatic rings. The zero-order valence-corrected chi connectivity index (χ0v) is 14.1. The fourth-order valence-corrected chi connectivity index (χ4v) is 3.25. The van der Waals surface area contributed by atoms with Gasteiger partial charge in [0.05, 0.1) is 11.3 Å². The first-order chi connectivity index (χ1) is 12.3. The third kappa shape index (κ3) is 2.70. The van der Waals surface area contributed by atoms with E-state index in [4.69, 9.17) is 9.47 Å². The van der Waals surface area contributed by atoms with E-state index in [2.05, 4.69) is 12.1 Å². The van der Waals surface area contributed by atoms with Crippen molar-refractivity contribution in [1.29, 1.82) is 0 Å². The second kappa shape index (κ2) is 6.48. The third-order valence-electron chi connectivity index (χ3n) is 4.42. The van der Waals surface area contributed by atoms with Crippen LogP contribution in [0.3, 0.4) is 0 Å². The van der Waals surface area contributed by atoms with Crippen LogP contribution in [-0.4, -0.2) is 25.7 Å². The summed E-state index contributed by atoms with van der Waals surface area (Å²) >= 11 is 0. The van der Waals surface area contributed by atoms with Crippen molar-refractivity contribution in [2.45, 2.75) is 6.92 Å². The summed E-state index contributed by atoms with van der Waals surface area (Å²) in [7, 11) is 0. The molecular formula is C21H19NO3. The summed E-state index contributed by atoms with van der Waals surface area (Å²) in [5.41, 5.74) is 1.44. The molecule has 0 aromatic heterocycles. The van der Waals surface area contributed by atoms with Gasteiger partial charge in [-0.25, -0.2) is 0 Å². The Balaban J connectivity index is 1.80. The number of nitrogens with zero attached hydrogens (tertiary/aromatic N) is 1. The van der Waals surface area contributed by atoms with Gasteiger partial charge in [0.25, 0.3) is 5.91 Å². The number of ether oxygens (including phenoxy) is 2. The Morgan fingerprint density at radius 2 is 1.72 bits per heavy atom. The maximum absolute atomic E-state index is 13.3. The third-order valence-corrected chi connectivity index (χ3v) is 4.42. The van der Waals surface area contributed by atoms with Crippen LogP contribution in [0.1, 0.15) is 17.3 Å². The molecule has 0 unspecified atom stereocenters. The van der Waals surface area contributed by atoms with E-state index < -0.39 is 0 Å². The van der Waals surface area contributed by atoms with Gasteiger partial charge in [0, 0.05) is 11.9 Å². The normalized spacial score (nSPS) is 12.8. The second-order valence-electron chi connectivity index (χ2n) is 5.88. The molecule has 0 spiro atoms. The van der Waals surface area contributed by atoms with E-state index in [-0.39, 0.29) is 5.91 Å². The van der Waals surface area contributed by atoms with E-state index in [1.54, 1.807) is 11.0 Å². The molecule has 1 heterocycles. The lowest BCUT2D eigenvalue weighted by Crippen LogP contribution is -2.31. The highest BCUT2D eigenvalue weighted by molar-refractivity contribution is 6.12. The number of para-hydroxylation sites is 1. The molecule has 1 amide bonds. The number of hydrogen-bond acceptors (Lipinski definition) is 3. The minimum atomic E-state index is -0.0822. The standard InChI is InChI=1S/C21H19NO3/c1-2-22(18-11-5-8-15-7-3-4-9-16(15)18)21(23)17-10-6-12-19-20(17)25-14-13-24-19/h3-12H,2,13-14H2,1H3. The van der Waals surface area contributed by atoms with E-state index >= 15 is 0 Å². The van der Waals surface area contributed by atoms with Crippen LogP contribution >= 0.6 is 0 Å². The van der Waals surface area contributed by atoms with Gasteiger partial charge in [-0.05, 0) is 30.5 Å². The molecule has 1 aliphatic heterocycles. The maximum atomic E-state index is 13.3. The summed E-state index contributed by atoms with van der Waals surface area (Å²) < 4.78 is 11.3. The molecule has 0 radical (unpaired) electrons. The van der Waals surface area contributed by atoms with Crippen molar-refractivity contribution in [3.63, 3.8) is 0 Å². The van der Waals surface area contributed by atoms with Crippen molar-refractivity contribution >= 4 is 22.4 Å². The number of amides is 1. The number of benzene rings is 3. The first kappa shape index (κ1) is 15.5. The van der Waals surface area contributed by atoms with Gasteiger partial charge in [0.15, 0.2) is 11.5 Å². The molecule has 0 fully saturated rings. The zero-order chi connectivity index (χ0) is 17.2. The Morgan fingerprint density at radius 1 is 0.960 bits per heavy atom. The molecule has 4 rings (SSSR count). The average Bonchev–Trinajstić information content (AvgIpc) is 2.68. The molecule has 126 valence electrons. The quantitative estimate of drug-likeness (QED) is 0.718. The van der Waals surface area contributed by atoms with Gasteiger partial charge in [-0.2, -0.15) is 0 Å². The van der Waals surface area contributed by atoms with Crippen molar-refractivity contribution in [2.24, 2.45) is 0 Å². The van der Waals surface area contributed by atoms with E-state index in [9.17, 15) is 4.79 Å². The minimum Gasteiger partial charge on any atom is -0.486 e. The Labute approximate surface area is 146 Å². The Morgan fingerprint density at radius 3 is 2.60 bits per heavy atom. The van der Waals surface area contributed by atoms with Gasteiger partial charge in [0.2, 0.25) is 0 Å². The number of rotatable bonds is 3. The predicted molar refractivity (Wildman–Crippen MR) is 98.7 cm³/mol. The smallest absolute Gasteiger partial charge is 0.262 e. The summed E-state index contributed by atoms with van der Waals surface area (Å²) in [5.74, 6) is 1.09. The molecule has 3 aromatic carbocycles. The van der Waals surface area contributed by atoms with Crippen LogP contribution in [0.5, 0.6) is 11.5 Å². The molecule has 0 bridgehead atoms. The van der Waals surface area contributed by atoms with Crippen molar-refractivity contribution < 1.29 is 14.3 Å². The summed E-state index contributed by atoms with van der Waals surface area (Å²) in [5, 5.41) is 2.17. The van der Waals surface area contributed by atoms with Crippen LogP contribution in [0.15, 0.2) is 60.7 Å². The van der Waals surface area contributed by atoms with E-state index in [0.29, 0.717) is 36.8 Å². The van der Waals surface area contributed by atoms with Crippen molar-refractivity contribution in [3.8, 4) is 11.5 Å². The van der Waals surface area contributed by atoms with Gasteiger partial charge < -0.3 is 14.4 Å².